The fraction of sp³-hybridized carbons (Fsp3) is 0.793. The summed E-state index contributed by atoms with van der Waals surface area (Å²) in [5.74, 6) is 4.56. The predicted molar refractivity (Wildman–Crippen MR) is 130 cm³/mol. The van der Waals surface area contributed by atoms with Crippen LogP contribution in [-0.2, 0) is 4.74 Å². The van der Waals surface area contributed by atoms with Crippen LogP contribution in [0.3, 0.4) is 0 Å². The van der Waals surface area contributed by atoms with E-state index in [9.17, 15) is 5.11 Å². The average molecular weight is 427 g/mol. The van der Waals surface area contributed by atoms with Gasteiger partial charge in [0.2, 0.25) is 0 Å². The van der Waals surface area contributed by atoms with Gasteiger partial charge in [-0.25, -0.2) is 0 Å². The second kappa shape index (κ2) is 9.46. The van der Waals surface area contributed by atoms with Gasteiger partial charge in [-0.3, -0.25) is 0 Å². The molecule has 1 N–H and O–H groups in total. The van der Waals surface area contributed by atoms with E-state index in [1.807, 2.05) is 19.9 Å². The molecular weight excluding hydrogens is 380 g/mol. The molecule has 0 aromatic carbocycles. The maximum absolute atomic E-state index is 10.2. The van der Waals surface area contributed by atoms with Crippen LogP contribution in [0.15, 0.2) is 35.6 Å². The Morgan fingerprint density at radius 3 is 2.71 bits per heavy atom. The van der Waals surface area contributed by atoms with E-state index in [1.165, 1.54) is 57.8 Å². The standard InChI is InChI=1S/C29H46O2/c1-5-9-24(6-2)31-19-8-7-10-21-12-14-26-25-13-11-22-20-23(30)15-17-29(22,4)27(25)16-18-28(21,26)3/h5-6,9,11,21,23,25-27,30H,7-8,10,12-20H2,1-4H3/b9-5-,24-6+/t21?,23-,25?,26?,27?,28?,29?/m0/s1. The van der Waals surface area contributed by atoms with E-state index in [0.29, 0.717) is 10.8 Å². The lowest BCUT2D eigenvalue weighted by Gasteiger charge is -2.58. The van der Waals surface area contributed by atoms with Crippen molar-refractivity contribution in [2.75, 3.05) is 6.61 Å². The number of aliphatic hydroxyl groups excluding tert-OH is 1. The molecule has 31 heavy (non-hydrogen) atoms. The third-order valence-electron chi connectivity index (χ3n) is 10.1. The summed E-state index contributed by atoms with van der Waals surface area (Å²) in [6.07, 6.45) is 22.6. The van der Waals surface area contributed by atoms with Gasteiger partial charge >= 0.3 is 0 Å². The van der Waals surface area contributed by atoms with Crippen molar-refractivity contribution in [1.29, 1.82) is 0 Å². The maximum Gasteiger partial charge on any atom is 0.114 e. The minimum atomic E-state index is -0.0912. The van der Waals surface area contributed by atoms with Crippen molar-refractivity contribution in [3.63, 3.8) is 0 Å². The molecule has 0 aliphatic heterocycles. The first-order valence-electron chi connectivity index (χ1n) is 13.2. The Balaban J connectivity index is 1.34. The summed E-state index contributed by atoms with van der Waals surface area (Å²) in [5.41, 5.74) is 2.53. The molecular formula is C29H46O2. The molecule has 3 fully saturated rings. The van der Waals surface area contributed by atoms with Gasteiger partial charge in [0, 0.05) is 0 Å². The fourth-order valence-electron chi connectivity index (χ4n) is 8.30. The van der Waals surface area contributed by atoms with Crippen LogP contribution >= 0.6 is 0 Å². The molecule has 2 heteroatoms. The maximum atomic E-state index is 10.2. The van der Waals surface area contributed by atoms with Crippen LogP contribution in [-0.4, -0.2) is 17.8 Å². The van der Waals surface area contributed by atoms with E-state index in [4.69, 9.17) is 4.74 Å². The summed E-state index contributed by atoms with van der Waals surface area (Å²) in [4.78, 5) is 0. The van der Waals surface area contributed by atoms with Crippen molar-refractivity contribution < 1.29 is 9.84 Å². The molecule has 0 radical (unpaired) electrons. The van der Waals surface area contributed by atoms with Gasteiger partial charge in [-0.2, -0.15) is 0 Å². The van der Waals surface area contributed by atoms with Crippen LogP contribution in [0.1, 0.15) is 98.3 Å². The quantitative estimate of drug-likeness (QED) is 0.197. The first-order chi connectivity index (χ1) is 14.9. The number of hydrogen-bond acceptors (Lipinski definition) is 2. The molecule has 0 aromatic rings. The highest BCUT2D eigenvalue weighted by Crippen LogP contribution is 2.66. The van der Waals surface area contributed by atoms with E-state index < -0.39 is 0 Å². The van der Waals surface area contributed by atoms with Gasteiger partial charge in [-0.1, -0.05) is 31.6 Å². The number of aliphatic hydroxyl groups is 1. The molecule has 0 amide bonds. The summed E-state index contributed by atoms with van der Waals surface area (Å²) in [5, 5.41) is 10.2. The second-order valence-corrected chi connectivity index (χ2v) is 11.5. The molecule has 6 unspecified atom stereocenters. The molecule has 0 heterocycles. The fourth-order valence-corrected chi connectivity index (χ4v) is 8.30. The lowest BCUT2D eigenvalue weighted by atomic mass is 9.47. The topological polar surface area (TPSA) is 29.5 Å². The monoisotopic (exact) mass is 426 g/mol. The molecule has 174 valence electrons. The van der Waals surface area contributed by atoms with Crippen molar-refractivity contribution in [3.05, 3.63) is 35.6 Å². The smallest absolute Gasteiger partial charge is 0.114 e. The molecule has 4 rings (SSSR count). The molecule has 7 atom stereocenters. The highest BCUT2D eigenvalue weighted by atomic mass is 16.5. The lowest BCUT2D eigenvalue weighted by Crippen LogP contribution is -2.50. The third kappa shape index (κ3) is 4.31. The summed E-state index contributed by atoms with van der Waals surface area (Å²) in [7, 11) is 0. The van der Waals surface area contributed by atoms with Crippen molar-refractivity contribution in [1.82, 2.24) is 0 Å². The van der Waals surface area contributed by atoms with E-state index >= 15 is 0 Å². The number of allylic oxidation sites excluding steroid dienone is 4. The summed E-state index contributed by atoms with van der Waals surface area (Å²) >= 11 is 0. The van der Waals surface area contributed by atoms with E-state index in [0.717, 1.165) is 48.9 Å². The molecule has 4 aliphatic rings. The van der Waals surface area contributed by atoms with E-state index in [-0.39, 0.29) is 6.10 Å². The molecule has 0 saturated heterocycles. The van der Waals surface area contributed by atoms with Gasteiger partial charge in [-0.15, -0.1) is 0 Å². The van der Waals surface area contributed by atoms with Crippen LogP contribution < -0.4 is 0 Å². The Labute approximate surface area is 191 Å². The zero-order valence-electron chi connectivity index (χ0n) is 20.5. The minimum Gasteiger partial charge on any atom is -0.494 e. The zero-order chi connectivity index (χ0) is 22.1. The molecule has 0 spiro atoms. The molecule has 4 aliphatic carbocycles. The van der Waals surface area contributed by atoms with Crippen LogP contribution in [0.25, 0.3) is 0 Å². The first-order valence-corrected chi connectivity index (χ1v) is 13.2. The normalized spacial score (nSPS) is 42.7. The highest BCUT2D eigenvalue weighted by Gasteiger charge is 2.58. The van der Waals surface area contributed by atoms with E-state index in [1.54, 1.807) is 5.57 Å². The summed E-state index contributed by atoms with van der Waals surface area (Å²) in [6, 6.07) is 0. The molecule has 0 bridgehead atoms. The number of fused-ring (bicyclic) bond motifs is 5. The van der Waals surface area contributed by atoms with Crippen molar-refractivity contribution in [2.45, 2.75) is 104 Å². The second-order valence-electron chi connectivity index (χ2n) is 11.5. The number of unbranched alkanes of at least 4 members (excludes halogenated alkanes) is 1. The Kier molecular flexibility index (Phi) is 7.06. The summed E-state index contributed by atoms with van der Waals surface area (Å²) in [6.45, 7) is 10.1. The minimum absolute atomic E-state index is 0.0912. The van der Waals surface area contributed by atoms with Crippen molar-refractivity contribution in [3.8, 4) is 0 Å². The zero-order valence-corrected chi connectivity index (χ0v) is 20.5. The summed E-state index contributed by atoms with van der Waals surface area (Å²) < 4.78 is 5.92. The molecule has 0 aromatic heterocycles. The van der Waals surface area contributed by atoms with Crippen LogP contribution in [0.5, 0.6) is 0 Å². The third-order valence-corrected chi connectivity index (χ3v) is 10.1. The number of ether oxygens (including phenoxy) is 1. The van der Waals surface area contributed by atoms with Gasteiger partial charge in [0.15, 0.2) is 0 Å². The van der Waals surface area contributed by atoms with Gasteiger partial charge < -0.3 is 9.84 Å². The Bertz CT molecular complexity index is 718. The van der Waals surface area contributed by atoms with Gasteiger partial charge in [0.05, 0.1) is 12.7 Å². The SMILES string of the molecule is C/C=C\C(=C/C)OCCCCC1CCC2C3CC=C4C[C@@H](O)CCC4(C)C3CCC12C. The molecule has 3 saturated carbocycles. The largest absolute Gasteiger partial charge is 0.494 e. The van der Waals surface area contributed by atoms with Gasteiger partial charge in [0.25, 0.3) is 0 Å². The Morgan fingerprint density at radius 2 is 1.94 bits per heavy atom. The number of rotatable bonds is 7. The van der Waals surface area contributed by atoms with Crippen LogP contribution in [0.2, 0.25) is 0 Å². The predicted octanol–water partition coefficient (Wildman–Crippen LogP) is 7.59. The lowest BCUT2D eigenvalue weighted by molar-refractivity contribution is -0.0509. The van der Waals surface area contributed by atoms with Crippen LogP contribution in [0.4, 0.5) is 0 Å². The Morgan fingerprint density at radius 1 is 1.10 bits per heavy atom. The first kappa shape index (κ1) is 23.1. The molecule has 2 nitrogen and oxygen atoms in total. The highest BCUT2D eigenvalue weighted by molar-refractivity contribution is 5.25. The van der Waals surface area contributed by atoms with Gasteiger partial charge in [0.1, 0.15) is 5.76 Å². The average Bonchev–Trinajstić information content (AvgIpc) is 3.09. The van der Waals surface area contributed by atoms with Crippen molar-refractivity contribution in [2.24, 2.45) is 34.5 Å². The Hall–Kier alpha value is -1.02. The van der Waals surface area contributed by atoms with Crippen LogP contribution in [0, 0.1) is 34.5 Å². The van der Waals surface area contributed by atoms with Gasteiger partial charge in [-0.05, 0) is 131 Å². The number of hydrogen-bond donors (Lipinski definition) is 1. The van der Waals surface area contributed by atoms with E-state index in [2.05, 4.69) is 32.1 Å². The van der Waals surface area contributed by atoms with Crippen molar-refractivity contribution >= 4 is 0 Å².